The van der Waals surface area contributed by atoms with Crippen molar-refractivity contribution in [2.45, 2.75) is 25.7 Å². The second-order valence-electron chi connectivity index (χ2n) is 2.75. The third-order valence-electron chi connectivity index (χ3n) is 1.25. The van der Waals surface area contributed by atoms with Crippen LogP contribution in [0.4, 0.5) is 0 Å². The molecule has 0 aromatic carbocycles. The fourth-order valence-corrected chi connectivity index (χ4v) is 0.534. The summed E-state index contributed by atoms with van der Waals surface area (Å²) in [5.74, 6) is -1.65. The van der Waals surface area contributed by atoms with Gasteiger partial charge >= 0.3 is 26.5 Å². The molecule has 12 heavy (non-hydrogen) atoms. The van der Waals surface area contributed by atoms with Gasteiger partial charge in [-0.2, -0.15) is 0 Å². The Morgan fingerprint density at radius 1 is 1.42 bits per heavy atom. The molecule has 0 rings (SSSR count). The Morgan fingerprint density at radius 2 is 1.67 bits per heavy atom. The zero-order chi connectivity index (χ0) is 10.4. The first-order chi connectivity index (χ1) is 5.27. The van der Waals surface area contributed by atoms with E-state index in [1.165, 1.54) is 0 Å². The SMILES string of the molecule is CC(C)C(N)C(N)(N)O.[O]=[Ti][OH]. The van der Waals surface area contributed by atoms with E-state index in [9.17, 15) is 0 Å². The third-order valence-corrected chi connectivity index (χ3v) is 1.25. The van der Waals surface area contributed by atoms with Crippen molar-refractivity contribution in [2.75, 3.05) is 0 Å². The van der Waals surface area contributed by atoms with Crippen molar-refractivity contribution >= 4 is 0 Å². The molecule has 0 radical (unpaired) electrons. The number of hydrogen-bond acceptors (Lipinski definition) is 5. The number of nitrogens with two attached hydrogens (primary N) is 3. The molecule has 7 heteroatoms. The van der Waals surface area contributed by atoms with Gasteiger partial charge in [0.05, 0.1) is 6.04 Å². The van der Waals surface area contributed by atoms with E-state index >= 15 is 0 Å². The van der Waals surface area contributed by atoms with Crippen LogP contribution in [-0.2, 0) is 22.8 Å². The van der Waals surface area contributed by atoms with Crippen LogP contribution in [0.1, 0.15) is 13.8 Å². The van der Waals surface area contributed by atoms with E-state index in [0.29, 0.717) is 0 Å². The van der Waals surface area contributed by atoms with Gasteiger partial charge in [0, 0.05) is 0 Å². The zero-order valence-electron chi connectivity index (χ0n) is 7.19. The average Bonchev–Trinajstić information content (AvgIpc) is 1.85. The zero-order valence-corrected chi connectivity index (χ0v) is 8.75. The van der Waals surface area contributed by atoms with Gasteiger partial charge in [-0.05, 0) is 5.92 Å². The Bertz CT molecular complexity index is 126. The van der Waals surface area contributed by atoms with Gasteiger partial charge in [-0.3, -0.25) is 11.5 Å². The predicted molar refractivity (Wildman–Crippen MR) is 39.0 cm³/mol. The van der Waals surface area contributed by atoms with Gasteiger partial charge < -0.3 is 10.8 Å². The predicted octanol–water partition coefficient (Wildman–Crippen LogP) is -2.15. The van der Waals surface area contributed by atoms with Crippen LogP contribution in [0, 0.1) is 5.92 Å². The van der Waals surface area contributed by atoms with Crippen LogP contribution in [0.3, 0.4) is 0 Å². The van der Waals surface area contributed by atoms with Gasteiger partial charge in [0.15, 0.2) is 5.85 Å². The number of hydrogen-bond donors (Lipinski definition) is 5. The normalized spacial score (nSPS) is 13.0. The molecule has 0 amide bonds. The molecule has 0 fully saturated rings. The van der Waals surface area contributed by atoms with Crippen molar-refractivity contribution in [3.8, 4) is 0 Å². The molecule has 0 heterocycles. The summed E-state index contributed by atoms with van der Waals surface area (Å²) in [5.41, 5.74) is 15.6. The quantitative estimate of drug-likeness (QED) is 0.263. The molecule has 0 bridgehead atoms. The van der Waals surface area contributed by atoms with Gasteiger partial charge in [0.2, 0.25) is 0 Å². The Kier molecular flexibility index (Phi) is 8.38. The molecule has 0 aliphatic rings. The molecule has 1 atom stereocenters. The summed E-state index contributed by atoms with van der Waals surface area (Å²) in [6, 6.07) is -0.572. The molecule has 0 saturated heterocycles. The fraction of sp³-hybridized carbons (Fsp3) is 1.00. The molecule has 0 aromatic heterocycles. The Hall–Kier alpha value is 0.314. The average molecular weight is 214 g/mol. The Morgan fingerprint density at radius 3 is 1.67 bits per heavy atom. The molecule has 0 spiro atoms. The van der Waals surface area contributed by atoms with Crippen molar-refractivity contribution in [3.05, 3.63) is 0 Å². The molecule has 1 unspecified atom stereocenters. The minimum absolute atomic E-state index is 0.0880. The van der Waals surface area contributed by atoms with Gasteiger partial charge in [0.25, 0.3) is 0 Å². The van der Waals surface area contributed by atoms with E-state index in [0.717, 1.165) is 0 Å². The standard InChI is InChI=1S/C5H15N3O.H2O.O.Ti/c1-3(2)4(6)5(7,8)9;;;/h3-4,9H,6-8H2,1-2H3;1H2;;/q;;;+1/p-1. The molecular weight excluding hydrogens is 198 g/mol. The van der Waals surface area contributed by atoms with Gasteiger partial charge in [-0.25, -0.2) is 0 Å². The first-order valence-electron chi connectivity index (χ1n) is 3.34. The number of rotatable bonds is 2. The summed E-state index contributed by atoms with van der Waals surface area (Å²) < 4.78 is 15.8. The maximum absolute atomic E-state index is 8.89. The van der Waals surface area contributed by atoms with E-state index in [4.69, 9.17) is 29.3 Å². The van der Waals surface area contributed by atoms with Crippen molar-refractivity contribution in [2.24, 2.45) is 23.1 Å². The van der Waals surface area contributed by atoms with Crippen LogP contribution in [0.25, 0.3) is 0 Å². The van der Waals surface area contributed by atoms with E-state index in [1.54, 1.807) is 0 Å². The van der Waals surface area contributed by atoms with Crippen LogP contribution >= 0.6 is 0 Å². The van der Waals surface area contributed by atoms with Crippen LogP contribution in [-0.4, -0.2) is 20.7 Å². The molecule has 0 saturated carbocycles. The maximum atomic E-state index is 8.89. The van der Waals surface area contributed by atoms with E-state index < -0.39 is 31.4 Å². The van der Waals surface area contributed by atoms with Gasteiger partial charge in [-0.1, -0.05) is 13.8 Å². The van der Waals surface area contributed by atoms with Crippen molar-refractivity contribution in [3.63, 3.8) is 0 Å². The monoisotopic (exact) mass is 214 g/mol. The van der Waals surface area contributed by atoms with Crippen LogP contribution in [0.15, 0.2) is 0 Å². The minimum atomic E-state index is -1.75. The fourth-order valence-electron chi connectivity index (χ4n) is 0.534. The van der Waals surface area contributed by atoms with Crippen LogP contribution in [0.2, 0.25) is 0 Å². The van der Waals surface area contributed by atoms with Crippen molar-refractivity contribution in [1.29, 1.82) is 0 Å². The van der Waals surface area contributed by atoms with E-state index in [2.05, 4.69) is 0 Å². The molecule has 8 N–H and O–H groups in total. The number of aliphatic hydroxyl groups is 1. The van der Waals surface area contributed by atoms with E-state index in [1.807, 2.05) is 13.8 Å². The second-order valence-corrected chi connectivity index (χ2v) is 3.03. The second kappa shape index (κ2) is 6.79. The Labute approximate surface area is 80.8 Å². The molecule has 0 aliphatic carbocycles. The Balaban J connectivity index is 0. The molecule has 73 valence electrons. The summed E-state index contributed by atoms with van der Waals surface area (Å²) in [6.45, 7) is 3.69. The third kappa shape index (κ3) is 8.41. The van der Waals surface area contributed by atoms with Crippen LogP contribution < -0.4 is 17.2 Å². The summed E-state index contributed by atoms with van der Waals surface area (Å²) in [6.07, 6.45) is 0. The topological polar surface area (TPSA) is 136 Å². The van der Waals surface area contributed by atoms with Crippen LogP contribution in [0.5, 0.6) is 0 Å². The first kappa shape index (κ1) is 14.8. The van der Waals surface area contributed by atoms with E-state index in [-0.39, 0.29) is 5.92 Å². The summed E-state index contributed by atoms with van der Waals surface area (Å²) in [4.78, 5) is 0. The van der Waals surface area contributed by atoms with Crippen molar-refractivity contribution < 1.29 is 31.6 Å². The molecule has 0 aliphatic heterocycles. The first-order valence-corrected chi connectivity index (χ1v) is 4.67. The summed E-state index contributed by atoms with van der Waals surface area (Å²) >= 11 is -1.75. The van der Waals surface area contributed by atoms with Gasteiger partial charge in [-0.15, -0.1) is 0 Å². The van der Waals surface area contributed by atoms with Gasteiger partial charge in [0.1, 0.15) is 0 Å². The summed E-state index contributed by atoms with van der Waals surface area (Å²) in [5, 5.41) is 8.89. The molecule has 6 nitrogen and oxygen atoms in total. The molecule has 0 aromatic rings. The molecular formula is C5H16N3O3Ti. The van der Waals surface area contributed by atoms with Crippen molar-refractivity contribution in [1.82, 2.24) is 0 Å². The summed E-state index contributed by atoms with van der Waals surface area (Å²) in [7, 11) is 0.